The minimum atomic E-state index is -0.460. The Morgan fingerprint density at radius 1 is 0.704 bits per heavy atom. The molecule has 2 aromatic heterocycles. The predicted octanol–water partition coefficient (Wildman–Crippen LogP) is 5.22. The molecule has 0 aliphatic carbocycles. The molecule has 0 unspecified atom stereocenters. The molecule has 5 aromatic rings. The summed E-state index contributed by atoms with van der Waals surface area (Å²) in [5.41, 5.74) is -0.331. The van der Waals surface area contributed by atoms with Crippen molar-refractivity contribution in [1.29, 1.82) is 0 Å². The number of hydrogen-bond acceptors (Lipinski definition) is 5. The Hall–Kier alpha value is -3.02. The maximum absolute atomic E-state index is 13.1. The molecule has 7 heteroatoms. The number of rotatable bonds is 0. The molecule has 2 heterocycles. The molecule has 3 aromatic carbocycles. The number of halogens is 2. The lowest BCUT2D eigenvalue weighted by atomic mass is 10.1. The Balaban J connectivity index is 2.11. The topological polar surface area (TPSA) is 80.7 Å². The minimum absolute atomic E-state index is 0.0460. The van der Waals surface area contributed by atoms with Gasteiger partial charge in [0.15, 0.2) is 5.58 Å². The number of fused-ring (bicyclic) bond motifs is 5. The van der Waals surface area contributed by atoms with Crippen LogP contribution in [0.3, 0.4) is 0 Å². The summed E-state index contributed by atoms with van der Waals surface area (Å²) in [5, 5.41) is 11.7. The van der Waals surface area contributed by atoms with E-state index in [0.717, 1.165) is 0 Å². The Labute approximate surface area is 159 Å². The number of phenols is 1. The van der Waals surface area contributed by atoms with Crippen molar-refractivity contribution in [2.24, 2.45) is 0 Å². The number of benzene rings is 3. The van der Waals surface area contributed by atoms with Crippen LogP contribution in [0.4, 0.5) is 0 Å². The van der Waals surface area contributed by atoms with E-state index in [1.165, 1.54) is 30.3 Å². The van der Waals surface area contributed by atoms with Crippen molar-refractivity contribution in [1.82, 2.24) is 0 Å². The molecule has 0 spiro atoms. The van der Waals surface area contributed by atoms with Gasteiger partial charge in [-0.25, -0.2) is 0 Å². The van der Waals surface area contributed by atoms with Crippen LogP contribution in [-0.2, 0) is 0 Å². The molecule has 0 amide bonds. The molecule has 5 nitrogen and oxygen atoms in total. The first-order valence-corrected chi connectivity index (χ1v) is 8.64. The third-order valence-electron chi connectivity index (χ3n) is 4.49. The zero-order valence-electron chi connectivity index (χ0n) is 13.4. The second-order valence-electron chi connectivity index (χ2n) is 6.12. The van der Waals surface area contributed by atoms with Crippen molar-refractivity contribution in [2.45, 2.75) is 0 Å². The Kier molecular flexibility index (Phi) is 3.29. The summed E-state index contributed by atoms with van der Waals surface area (Å²) < 4.78 is 11.6. The first kappa shape index (κ1) is 16.2. The molecule has 0 fully saturated rings. The van der Waals surface area contributed by atoms with Gasteiger partial charge in [-0.15, -0.1) is 0 Å². The van der Waals surface area contributed by atoms with Crippen LogP contribution < -0.4 is 10.9 Å². The summed E-state index contributed by atoms with van der Waals surface area (Å²) in [6, 6.07) is 10.4. The predicted molar refractivity (Wildman–Crippen MR) is 105 cm³/mol. The van der Waals surface area contributed by atoms with E-state index in [1.807, 2.05) is 0 Å². The zero-order chi connectivity index (χ0) is 18.9. The fourth-order valence-corrected chi connectivity index (χ4v) is 3.60. The molecule has 1 N–H and O–H groups in total. The molecule has 0 radical (unpaired) electrons. The molecule has 27 heavy (non-hydrogen) atoms. The largest absolute Gasteiger partial charge is 0.507 e. The maximum atomic E-state index is 13.1. The summed E-state index contributed by atoms with van der Waals surface area (Å²) in [4.78, 5) is 25.9. The van der Waals surface area contributed by atoms with Gasteiger partial charge in [-0.3, -0.25) is 9.59 Å². The molecule has 0 bridgehead atoms. The Morgan fingerprint density at radius 2 is 1.26 bits per heavy atom. The lowest BCUT2D eigenvalue weighted by molar-refractivity contribution is 0.479. The lowest BCUT2D eigenvalue weighted by Gasteiger charge is -2.08. The molecular weight excluding hydrogens is 391 g/mol. The molecule has 0 saturated carbocycles. The van der Waals surface area contributed by atoms with Gasteiger partial charge in [0.2, 0.25) is 10.9 Å². The van der Waals surface area contributed by atoms with Crippen molar-refractivity contribution >= 4 is 67.1 Å². The fourth-order valence-electron chi connectivity index (χ4n) is 3.27. The highest BCUT2D eigenvalue weighted by Crippen LogP contribution is 2.33. The van der Waals surface area contributed by atoms with E-state index in [9.17, 15) is 14.7 Å². The van der Waals surface area contributed by atoms with Crippen molar-refractivity contribution in [3.63, 3.8) is 0 Å². The fraction of sp³-hybridized carbons (Fsp3) is 0. The van der Waals surface area contributed by atoms with E-state index in [0.29, 0.717) is 10.0 Å². The highest BCUT2D eigenvalue weighted by Gasteiger charge is 2.20. The summed E-state index contributed by atoms with van der Waals surface area (Å²) in [6.45, 7) is 0. The van der Waals surface area contributed by atoms with Gasteiger partial charge in [-0.1, -0.05) is 23.2 Å². The SMILES string of the molecule is O=c1c2ccc(Cl)cc2oc2c1c(O)cc1oc3cc(Cl)ccc3c(=O)c12. The third-order valence-corrected chi connectivity index (χ3v) is 4.96. The summed E-state index contributed by atoms with van der Waals surface area (Å²) in [6.07, 6.45) is 0. The van der Waals surface area contributed by atoms with Gasteiger partial charge in [-0.2, -0.15) is 0 Å². The van der Waals surface area contributed by atoms with Crippen LogP contribution in [0.1, 0.15) is 0 Å². The maximum Gasteiger partial charge on any atom is 0.204 e. The standard InChI is InChI=1S/C20H8Cl2O5/c21-8-1-3-10-13(5-8)26-15-7-12(23)16-18(24)11-4-2-9(22)6-14(11)27-20(16)17(15)19(10)25/h1-7,23H. The van der Waals surface area contributed by atoms with E-state index in [4.69, 9.17) is 32.0 Å². The van der Waals surface area contributed by atoms with E-state index < -0.39 is 10.9 Å². The second-order valence-corrected chi connectivity index (χ2v) is 6.99. The van der Waals surface area contributed by atoms with Crippen LogP contribution in [0, 0.1) is 0 Å². The summed E-state index contributed by atoms with van der Waals surface area (Å²) >= 11 is 12.0. The van der Waals surface area contributed by atoms with Crippen LogP contribution in [0.5, 0.6) is 5.75 Å². The van der Waals surface area contributed by atoms with Crippen molar-refractivity contribution < 1.29 is 13.9 Å². The molecule has 0 aliphatic rings. The van der Waals surface area contributed by atoms with Crippen LogP contribution in [0.2, 0.25) is 10.0 Å². The summed E-state index contributed by atoms with van der Waals surface area (Å²) in [5.74, 6) is -0.340. The number of aromatic hydroxyl groups is 1. The Bertz CT molecular complexity index is 1550. The van der Waals surface area contributed by atoms with Gasteiger partial charge < -0.3 is 13.9 Å². The summed E-state index contributed by atoms with van der Waals surface area (Å²) in [7, 11) is 0. The first-order chi connectivity index (χ1) is 12.9. The van der Waals surface area contributed by atoms with Crippen LogP contribution in [-0.4, -0.2) is 5.11 Å². The zero-order valence-corrected chi connectivity index (χ0v) is 14.9. The van der Waals surface area contributed by atoms with Gasteiger partial charge in [0.1, 0.15) is 33.3 Å². The molecule has 5 rings (SSSR count). The number of hydrogen-bond donors (Lipinski definition) is 1. The smallest absolute Gasteiger partial charge is 0.204 e. The average Bonchev–Trinajstić information content (AvgIpc) is 2.60. The minimum Gasteiger partial charge on any atom is -0.507 e. The van der Waals surface area contributed by atoms with Crippen molar-refractivity contribution in [3.8, 4) is 5.75 Å². The van der Waals surface area contributed by atoms with E-state index in [2.05, 4.69) is 0 Å². The van der Waals surface area contributed by atoms with Gasteiger partial charge >= 0.3 is 0 Å². The highest BCUT2D eigenvalue weighted by molar-refractivity contribution is 6.31. The van der Waals surface area contributed by atoms with Crippen LogP contribution in [0.25, 0.3) is 43.9 Å². The van der Waals surface area contributed by atoms with Crippen molar-refractivity contribution in [3.05, 3.63) is 73.0 Å². The normalized spacial score (nSPS) is 11.8. The van der Waals surface area contributed by atoms with Gasteiger partial charge in [0, 0.05) is 28.2 Å². The van der Waals surface area contributed by atoms with Gasteiger partial charge in [-0.05, 0) is 24.3 Å². The van der Waals surface area contributed by atoms with E-state index in [1.54, 1.807) is 12.1 Å². The third kappa shape index (κ3) is 2.25. The van der Waals surface area contributed by atoms with E-state index >= 15 is 0 Å². The molecule has 0 saturated heterocycles. The van der Waals surface area contributed by atoms with Gasteiger partial charge in [0.05, 0.1) is 10.8 Å². The van der Waals surface area contributed by atoms with Crippen LogP contribution in [0.15, 0.2) is 60.9 Å². The average molecular weight is 399 g/mol. The lowest BCUT2D eigenvalue weighted by Crippen LogP contribution is -2.07. The second kappa shape index (κ2) is 5.49. The van der Waals surface area contributed by atoms with E-state index in [-0.39, 0.29) is 49.6 Å². The highest BCUT2D eigenvalue weighted by atomic mass is 35.5. The first-order valence-electron chi connectivity index (χ1n) is 7.88. The van der Waals surface area contributed by atoms with Crippen LogP contribution >= 0.6 is 23.2 Å². The molecule has 0 atom stereocenters. The van der Waals surface area contributed by atoms with Crippen molar-refractivity contribution in [2.75, 3.05) is 0 Å². The van der Waals surface area contributed by atoms with Gasteiger partial charge in [0.25, 0.3) is 0 Å². The molecule has 0 aliphatic heterocycles. The Morgan fingerprint density at radius 3 is 1.89 bits per heavy atom. The molecular formula is C20H8Cl2O5. The molecule has 132 valence electrons. The quantitative estimate of drug-likeness (QED) is 0.285. The monoisotopic (exact) mass is 398 g/mol. The number of phenolic OH excluding ortho intramolecular Hbond substituents is 1.